The van der Waals surface area contributed by atoms with E-state index in [2.05, 4.69) is 67.8 Å². The third-order valence-electron chi connectivity index (χ3n) is 3.38. The van der Waals surface area contributed by atoms with Crippen LogP contribution in [0.25, 0.3) is 0 Å². The quantitative estimate of drug-likeness (QED) is 0.276. The molecule has 25 heavy (non-hydrogen) atoms. The third-order valence-corrected chi connectivity index (χ3v) is 4.89. The van der Waals surface area contributed by atoms with Gasteiger partial charge >= 0.3 is 0 Å². The van der Waals surface area contributed by atoms with E-state index in [-0.39, 0.29) is 0 Å². The number of nitrogens with one attached hydrogen (secondary N) is 1. The van der Waals surface area contributed by atoms with Gasteiger partial charge in [-0.3, -0.25) is 0 Å². The molecule has 2 aromatic carbocycles. The summed E-state index contributed by atoms with van der Waals surface area (Å²) in [5.41, 5.74) is 6.22. The standard InChI is InChI=1S/C17H17BrN6S/c1-12-5-7-13(8-6-12)11-25-17-23-22-16(24(17)19)21-20-10-14-3-2-4-15(18)9-14/h2-10H,11,19H2,1H3,(H,21,22)/b20-10+. The smallest absolute Gasteiger partial charge is 0.264 e. The Kier molecular flexibility index (Phi) is 5.72. The van der Waals surface area contributed by atoms with E-state index in [1.807, 2.05) is 24.3 Å². The molecule has 6 nitrogen and oxygen atoms in total. The van der Waals surface area contributed by atoms with Crippen LogP contribution in [0.3, 0.4) is 0 Å². The molecule has 8 heteroatoms. The first kappa shape index (κ1) is 17.5. The molecule has 1 aromatic heterocycles. The Balaban J connectivity index is 1.60. The molecule has 0 aliphatic rings. The van der Waals surface area contributed by atoms with Gasteiger partial charge in [0.25, 0.3) is 5.95 Å². The summed E-state index contributed by atoms with van der Waals surface area (Å²) in [6.07, 6.45) is 1.69. The maximum atomic E-state index is 6.02. The van der Waals surface area contributed by atoms with Gasteiger partial charge in [-0.2, -0.15) is 5.10 Å². The number of nitrogens with two attached hydrogens (primary N) is 1. The zero-order valence-electron chi connectivity index (χ0n) is 13.6. The fourth-order valence-electron chi connectivity index (χ4n) is 2.04. The van der Waals surface area contributed by atoms with Crippen molar-refractivity contribution < 1.29 is 0 Å². The van der Waals surface area contributed by atoms with Crippen molar-refractivity contribution in [2.24, 2.45) is 5.10 Å². The first-order valence-corrected chi connectivity index (χ1v) is 9.33. The second-order valence-corrected chi connectivity index (χ2v) is 7.23. The maximum absolute atomic E-state index is 6.02. The lowest BCUT2D eigenvalue weighted by Gasteiger charge is -2.03. The molecule has 0 atom stereocenters. The van der Waals surface area contributed by atoms with Crippen molar-refractivity contribution in [2.45, 2.75) is 17.8 Å². The van der Waals surface area contributed by atoms with Crippen molar-refractivity contribution in [2.75, 3.05) is 11.3 Å². The zero-order chi connectivity index (χ0) is 17.6. The monoisotopic (exact) mass is 416 g/mol. The number of nitrogen functional groups attached to an aromatic ring is 1. The van der Waals surface area contributed by atoms with Crippen molar-refractivity contribution >= 4 is 39.9 Å². The first-order valence-electron chi connectivity index (χ1n) is 7.55. The highest BCUT2D eigenvalue weighted by atomic mass is 79.9. The number of hydrogen-bond donors (Lipinski definition) is 2. The van der Waals surface area contributed by atoms with Gasteiger partial charge < -0.3 is 5.84 Å². The van der Waals surface area contributed by atoms with E-state index in [0.717, 1.165) is 15.8 Å². The van der Waals surface area contributed by atoms with Crippen LogP contribution >= 0.6 is 27.7 Å². The van der Waals surface area contributed by atoms with Crippen molar-refractivity contribution in [3.63, 3.8) is 0 Å². The minimum Gasteiger partial charge on any atom is -0.334 e. The van der Waals surface area contributed by atoms with Crippen LogP contribution in [0.1, 0.15) is 16.7 Å². The maximum Gasteiger partial charge on any atom is 0.264 e. The number of benzene rings is 2. The summed E-state index contributed by atoms with van der Waals surface area (Å²) >= 11 is 4.95. The summed E-state index contributed by atoms with van der Waals surface area (Å²) in [6, 6.07) is 16.2. The van der Waals surface area contributed by atoms with Crippen LogP contribution in [0, 0.1) is 6.92 Å². The second kappa shape index (κ2) is 8.17. The predicted molar refractivity (Wildman–Crippen MR) is 106 cm³/mol. The summed E-state index contributed by atoms with van der Waals surface area (Å²) in [7, 11) is 0. The molecule has 128 valence electrons. The Morgan fingerprint density at radius 3 is 2.80 bits per heavy atom. The van der Waals surface area contributed by atoms with Crippen LogP contribution in [0.4, 0.5) is 5.95 Å². The van der Waals surface area contributed by atoms with E-state index < -0.39 is 0 Å². The van der Waals surface area contributed by atoms with Crippen LogP contribution in [-0.4, -0.2) is 21.1 Å². The van der Waals surface area contributed by atoms with Crippen molar-refractivity contribution in [1.82, 2.24) is 14.9 Å². The third kappa shape index (κ3) is 4.83. The lowest BCUT2D eigenvalue weighted by molar-refractivity contribution is 0.847. The molecule has 0 saturated carbocycles. The molecule has 1 heterocycles. The largest absolute Gasteiger partial charge is 0.334 e. The van der Waals surface area contributed by atoms with E-state index in [9.17, 15) is 0 Å². The highest BCUT2D eigenvalue weighted by Crippen LogP contribution is 2.21. The molecule has 0 amide bonds. The fraction of sp³-hybridized carbons (Fsp3) is 0.118. The number of halogens is 1. The summed E-state index contributed by atoms with van der Waals surface area (Å²) in [5.74, 6) is 7.18. The normalized spacial score (nSPS) is 11.1. The van der Waals surface area contributed by atoms with Crippen LogP contribution < -0.4 is 11.3 Å². The lowest BCUT2D eigenvalue weighted by atomic mass is 10.2. The fourth-order valence-corrected chi connectivity index (χ4v) is 3.26. The Bertz CT molecular complexity index is 875. The molecule has 0 radical (unpaired) electrons. The molecule has 3 rings (SSSR count). The highest BCUT2D eigenvalue weighted by molar-refractivity contribution is 9.10. The van der Waals surface area contributed by atoms with Crippen molar-refractivity contribution in [1.29, 1.82) is 0 Å². The number of nitrogens with zero attached hydrogens (tertiary/aromatic N) is 4. The van der Waals surface area contributed by atoms with E-state index in [1.54, 1.807) is 6.21 Å². The molecule has 0 saturated heterocycles. The molecule has 3 N–H and O–H groups in total. The first-order chi connectivity index (χ1) is 12.1. The SMILES string of the molecule is Cc1ccc(CSc2nnc(N/N=C/c3cccc(Br)c3)n2N)cc1. The number of hydrazone groups is 1. The van der Waals surface area contributed by atoms with E-state index >= 15 is 0 Å². The van der Waals surface area contributed by atoms with E-state index in [0.29, 0.717) is 11.1 Å². The second-order valence-electron chi connectivity index (χ2n) is 5.38. The van der Waals surface area contributed by atoms with Gasteiger partial charge in [0, 0.05) is 10.2 Å². The van der Waals surface area contributed by atoms with Gasteiger partial charge in [-0.25, -0.2) is 10.1 Å². The number of rotatable bonds is 6. The Morgan fingerprint density at radius 2 is 2.04 bits per heavy atom. The molecule has 0 spiro atoms. The topological polar surface area (TPSA) is 81.1 Å². The highest BCUT2D eigenvalue weighted by Gasteiger charge is 2.09. The van der Waals surface area contributed by atoms with E-state index in [1.165, 1.54) is 27.6 Å². The van der Waals surface area contributed by atoms with Gasteiger partial charge in [-0.15, -0.1) is 10.2 Å². The van der Waals surface area contributed by atoms with Crippen molar-refractivity contribution in [3.05, 3.63) is 69.7 Å². The molecule has 0 aliphatic carbocycles. The molecule has 0 fully saturated rings. The Hall–Kier alpha value is -2.32. The molecule has 0 aliphatic heterocycles. The summed E-state index contributed by atoms with van der Waals surface area (Å²) < 4.78 is 2.39. The van der Waals surface area contributed by atoms with Crippen LogP contribution in [-0.2, 0) is 5.75 Å². The summed E-state index contributed by atoms with van der Waals surface area (Å²) in [6.45, 7) is 2.07. The Morgan fingerprint density at radius 1 is 1.24 bits per heavy atom. The molecular weight excluding hydrogens is 400 g/mol. The van der Waals surface area contributed by atoms with Gasteiger partial charge in [0.1, 0.15) is 0 Å². The van der Waals surface area contributed by atoms with Crippen molar-refractivity contribution in [3.8, 4) is 0 Å². The summed E-state index contributed by atoms with van der Waals surface area (Å²) in [4.78, 5) is 0. The molecule has 3 aromatic rings. The lowest BCUT2D eigenvalue weighted by Crippen LogP contribution is -2.13. The minimum atomic E-state index is 0.387. The Labute approximate surface area is 158 Å². The number of anilines is 1. The molecular formula is C17H17BrN6S. The number of thioether (sulfide) groups is 1. The van der Waals surface area contributed by atoms with Crippen LogP contribution in [0.2, 0.25) is 0 Å². The van der Waals surface area contributed by atoms with E-state index in [4.69, 9.17) is 5.84 Å². The van der Waals surface area contributed by atoms with Crippen LogP contribution in [0.15, 0.2) is 63.3 Å². The number of hydrogen-bond acceptors (Lipinski definition) is 6. The van der Waals surface area contributed by atoms with Crippen LogP contribution in [0.5, 0.6) is 0 Å². The minimum absolute atomic E-state index is 0.387. The number of aromatic nitrogens is 3. The van der Waals surface area contributed by atoms with Gasteiger partial charge in [0.15, 0.2) is 0 Å². The average Bonchev–Trinajstić information content (AvgIpc) is 2.95. The number of aryl methyl sites for hydroxylation is 1. The zero-order valence-corrected chi connectivity index (χ0v) is 16.0. The average molecular weight is 417 g/mol. The van der Waals surface area contributed by atoms with Gasteiger partial charge in [0.2, 0.25) is 5.16 Å². The molecule has 0 unspecified atom stereocenters. The predicted octanol–water partition coefficient (Wildman–Crippen LogP) is 3.80. The molecule has 0 bridgehead atoms. The van der Waals surface area contributed by atoms with Gasteiger partial charge in [0.05, 0.1) is 6.21 Å². The van der Waals surface area contributed by atoms with Gasteiger partial charge in [-0.1, -0.05) is 69.7 Å². The summed E-state index contributed by atoms with van der Waals surface area (Å²) in [5, 5.41) is 12.9. The van der Waals surface area contributed by atoms with Gasteiger partial charge in [-0.05, 0) is 30.2 Å².